The fraction of sp³-hybridized carbons (Fsp3) is 0.467. The molecule has 0 saturated carbocycles. The van der Waals surface area contributed by atoms with Crippen molar-refractivity contribution in [3.05, 3.63) is 30.3 Å². The minimum atomic E-state index is -0.943. The summed E-state index contributed by atoms with van der Waals surface area (Å²) in [5.41, 5.74) is 1.17. The van der Waals surface area contributed by atoms with Gasteiger partial charge in [-0.2, -0.15) is 0 Å². The van der Waals surface area contributed by atoms with E-state index in [0.717, 1.165) is 19.5 Å². The lowest BCUT2D eigenvalue weighted by atomic mass is 10.2. The zero-order valence-corrected chi connectivity index (χ0v) is 11.8. The van der Waals surface area contributed by atoms with Gasteiger partial charge in [0, 0.05) is 31.7 Å². The topological polar surface area (TPSA) is 69.6 Å². The summed E-state index contributed by atoms with van der Waals surface area (Å²) < 4.78 is 0. The molecule has 0 radical (unpaired) electrons. The number of para-hydroxylation sites is 1. The Morgan fingerprint density at radius 1 is 1.20 bits per heavy atom. The molecule has 0 aromatic heterocycles. The molecule has 2 N–H and O–H groups in total. The third kappa shape index (κ3) is 6.22. The van der Waals surface area contributed by atoms with Crippen LogP contribution in [-0.2, 0) is 9.59 Å². The molecule has 1 aromatic rings. The van der Waals surface area contributed by atoms with Crippen molar-refractivity contribution in [2.75, 3.05) is 24.5 Å². The van der Waals surface area contributed by atoms with E-state index in [1.165, 1.54) is 5.69 Å². The molecule has 0 spiro atoms. The minimum Gasteiger partial charge on any atom is -0.481 e. The molecule has 5 heteroatoms. The first-order chi connectivity index (χ1) is 9.63. The van der Waals surface area contributed by atoms with Crippen LogP contribution in [-0.4, -0.2) is 36.6 Å². The molecule has 1 rings (SSSR count). The average Bonchev–Trinajstić information content (AvgIpc) is 2.46. The second-order valence-corrected chi connectivity index (χ2v) is 4.51. The number of nitrogens with one attached hydrogen (secondary N) is 1. The van der Waals surface area contributed by atoms with Crippen LogP contribution >= 0.6 is 0 Å². The van der Waals surface area contributed by atoms with Crippen LogP contribution in [0.25, 0.3) is 0 Å². The second-order valence-electron chi connectivity index (χ2n) is 4.51. The molecule has 0 aliphatic rings. The molecule has 0 saturated heterocycles. The van der Waals surface area contributed by atoms with E-state index in [9.17, 15) is 9.59 Å². The maximum absolute atomic E-state index is 11.3. The van der Waals surface area contributed by atoms with Crippen molar-refractivity contribution >= 4 is 17.6 Å². The first-order valence-corrected chi connectivity index (χ1v) is 6.92. The molecule has 1 aromatic carbocycles. The molecule has 0 aliphatic heterocycles. The van der Waals surface area contributed by atoms with Gasteiger partial charge >= 0.3 is 5.97 Å². The van der Waals surface area contributed by atoms with Crippen LogP contribution < -0.4 is 10.2 Å². The summed E-state index contributed by atoms with van der Waals surface area (Å²) in [4.78, 5) is 23.9. The molecule has 5 nitrogen and oxygen atoms in total. The number of hydrogen-bond donors (Lipinski definition) is 2. The number of benzene rings is 1. The number of carboxylic acid groups (broad SMARTS) is 1. The normalized spacial score (nSPS) is 10.1. The monoisotopic (exact) mass is 278 g/mol. The average molecular weight is 278 g/mol. The van der Waals surface area contributed by atoms with Gasteiger partial charge in [-0.1, -0.05) is 18.2 Å². The van der Waals surface area contributed by atoms with E-state index < -0.39 is 5.97 Å². The minimum absolute atomic E-state index is 0.0471. The fourth-order valence-electron chi connectivity index (χ4n) is 1.92. The van der Waals surface area contributed by atoms with Crippen LogP contribution in [0.4, 0.5) is 5.69 Å². The van der Waals surface area contributed by atoms with E-state index in [2.05, 4.69) is 29.3 Å². The van der Waals surface area contributed by atoms with Gasteiger partial charge in [-0.25, -0.2) is 0 Å². The molecule has 0 atom stereocenters. The lowest BCUT2D eigenvalue weighted by molar-refractivity contribution is -0.138. The molecular weight excluding hydrogens is 256 g/mol. The largest absolute Gasteiger partial charge is 0.481 e. The van der Waals surface area contributed by atoms with Crippen molar-refractivity contribution in [1.29, 1.82) is 0 Å². The molecule has 0 aliphatic carbocycles. The van der Waals surface area contributed by atoms with E-state index in [1.807, 2.05) is 18.2 Å². The molecule has 0 fully saturated rings. The van der Waals surface area contributed by atoms with Crippen molar-refractivity contribution in [3.63, 3.8) is 0 Å². The number of aliphatic carboxylic acids is 1. The van der Waals surface area contributed by atoms with E-state index in [-0.39, 0.29) is 18.7 Å². The van der Waals surface area contributed by atoms with Gasteiger partial charge in [0.15, 0.2) is 0 Å². The Kier molecular flexibility index (Phi) is 7.17. The summed E-state index contributed by atoms with van der Waals surface area (Å²) in [5, 5.41) is 11.2. The first kappa shape index (κ1) is 16.0. The fourth-order valence-corrected chi connectivity index (χ4v) is 1.92. The predicted octanol–water partition coefficient (Wildman–Crippen LogP) is 1.88. The molecule has 0 bridgehead atoms. The third-order valence-electron chi connectivity index (χ3n) is 3.00. The van der Waals surface area contributed by atoms with Gasteiger partial charge in [0.25, 0.3) is 0 Å². The lowest BCUT2D eigenvalue weighted by Crippen LogP contribution is -2.30. The Balaban J connectivity index is 2.22. The Morgan fingerprint density at radius 3 is 2.50 bits per heavy atom. The summed E-state index contributed by atoms with van der Waals surface area (Å²) in [7, 11) is 0. The van der Waals surface area contributed by atoms with E-state index in [0.29, 0.717) is 6.54 Å². The Morgan fingerprint density at radius 2 is 1.90 bits per heavy atom. The van der Waals surface area contributed by atoms with E-state index in [1.54, 1.807) is 0 Å². The van der Waals surface area contributed by atoms with Crippen molar-refractivity contribution in [2.24, 2.45) is 0 Å². The number of rotatable bonds is 9. The molecule has 0 heterocycles. The van der Waals surface area contributed by atoms with Crippen LogP contribution in [0.2, 0.25) is 0 Å². The van der Waals surface area contributed by atoms with Crippen LogP contribution in [0, 0.1) is 0 Å². The van der Waals surface area contributed by atoms with Gasteiger partial charge in [-0.3, -0.25) is 9.59 Å². The molecule has 110 valence electrons. The van der Waals surface area contributed by atoms with Gasteiger partial charge in [0.1, 0.15) is 0 Å². The number of hydrogen-bond acceptors (Lipinski definition) is 3. The van der Waals surface area contributed by atoms with Gasteiger partial charge in [-0.15, -0.1) is 0 Å². The maximum atomic E-state index is 11.3. The number of carboxylic acids is 1. The smallest absolute Gasteiger partial charge is 0.303 e. The summed E-state index contributed by atoms with van der Waals surface area (Å²) >= 11 is 0. The van der Waals surface area contributed by atoms with E-state index >= 15 is 0 Å². The van der Waals surface area contributed by atoms with Crippen LogP contribution in [0.5, 0.6) is 0 Å². The zero-order chi connectivity index (χ0) is 14.8. The molecule has 0 unspecified atom stereocenters. The Bertz CT molecular complexity index is 420. The van der Waals surface area contributed by atoms with Crippen molar-refractivity contribution in [2.45, 2.75) is 26.2 Å². The second kappa shape index (κ2) is 8.96. The van der Waals surface area contributed by atoms with Gasteiger partial charge in [0.2, 0.25) is 5.91 Å². The van der Waals surface area contributed by atoms with Crippen molar-refractivity contribution in [3.8, 4) is 0 Å². The summed E-state index contributed by atoms with van der Waals surface area (Å²) in [5.74, 6) is -1.14. The lowest BCUT2D eigenvalue weighted by Gasteiger charge is -2.23. The van der Waals surface area contributed by atoms with Crippen molar-refractivity contribution < 1.29 is 14.7 Å². The molecule has 20 heavy (non-hydrogen) atoms. The molecular formula is C15H22N2O3. The van der Waals surface area contributed by atoms with Crippen LogP contribution in [0.1, 0.15) is 26.2 Å². The van der Waals surface area contributed by atoms with Crippen LogP contribution in [0.3, 0.4) is 0 Å². The Hall–Kier alpha value is -2.04. The SMILES string of the molecule is CCN(CCCNC(=O)CCC(=O)O)c1ccccc1. The maximum Gasteiger partial charge on any atom is 0.303 e. The first-order valence-electron chi connectivity index (χ1n) is 6.92. The number of amides is 1. The predicted molar refractivity (Wildman–Crippen MR) is 78.8 cm³/mol. The number of carbonyl (C=O) groups excluding carboxylic acids is 1. The highest BCUT2D eigenvalue weighted by Gasteiger charge is 2.06. The number of nitrogens with zero attached hydrogens (tertiary/aromatic N) is 1. The highest BCUT2D eigenvalue weighted by molar-refractivity contribution is 5.80. The highest BCUT2D eigenvalue weighted by atomic mass is 16.4. The summed E-state index contributed by atoms with van der Waals surface area (Å²) in [6.45, 7) is 4.44. The van der Waals surface area contributed by atoms with Gasteiger partial charge < -0.3 is 15.3 Å². The number of anilines is 1. The van der Waals surface area contributed by atoms with Crippen LogP contribution in [0.15, 0.2) is 30.3 Å². The number of carbonyl (C=O) groups is 2. The quantitative estimate of drug-likeness (QED) is 0.677. The summed E-state index contributed by atoms with van der Waals surface area (Å²) in [6.07, 6.45) is 0.768. The van der Waals surface area contributed by atoms with Gasteiger partial charge in [0.05, 0.1) is 6.42 Å². The molecule has 1 amide bonds. The summed E-state index contributed by atoms with van der Waals surface area (Å²) in [6, 6.07) is 10.1. The van der Waals surface area contributed by atoms with E-state index in [4.69, 9.17) is 5.11 Å². The van der Waals surface area contributed by atoms with Gasteiger partial charge in [-0.05, 0) is 25.5 Å². The Labute approximate surface area is 119 Å². The standard InChI is InChI=1S/C15H22N2O3/c1-2-17(13-7-4-3-5-8-13)12-6-11-16-14(18)9-10-15(19)20/h3-5,7-8H,2,6,9-12H2,1H3,(H,16,18)(H,19,20). The zero-order valence-electron chi connectivity index (χ0n) is 11.8. The third-order valence-corrected chi connectivity index (χ3v) is 3.00. The van der Waals surface area contributed by atoms with Crippen molar-refractivity contribution in [1.82, 2.24) is 5.32 Å². The highest BCUT2D eigenvalue weighted by Crippen LogP contribution is 2.12.